The van der Waals surface area contributed by atoms with Crippen molar-refractivity contribution in [2.45, 2.75) is 13.2 Å². The van der Waals surface area contributed by atoms with E-state index in [0.717, 1.165) is 48.9 Å². The molecule has 1 aliphatic heterocycles. The number of ether oxygens (including phenoxy) is 2. The van der Waals surface area contributed by atoms with E-state index in [1.54, 1.807) is 0 Å². The van der Waals surface area contributed by atoms with Crippen molar-refractivity contribution in [3.8, 4) is 5.75 Å². The van der Waals surface area contributed by atoms with Gasteiger partial charge in [-0.25, -0.2) is 0 Å². The molecule has 0 saturated carbocycles. The zero-order valence-corrected chi connectivity index (χ0v) is 18.1. The minimum absolute atomic E-state index is 0.332. The van der Waals surface area contributed by atoms with Gasteiger partial charge in [0, 0.05) is 46.6 Å². The van der Waals surface area contributed by atoms with Crippen molar-refractivity contribution >= 4 is 34.6 Å². The summed E-state index contributed by atoms with van der Waals surface area (Å²) in [4.78, 5) is 2.35. The van der Waals surface area contributed by atoms with Gasteiger partial charge < -0.3 is 19.7 Å². The summed E-state index contributed by atoms with van der Waals surface area (Å²) in [5.74, 6) is 0.785. The van der Waals surface area contributed by atoms with Crippen molar-refractivity contribution in [2.24, 2.45) is 0 Å². The Morgan fingerprint density at radius 1 is 0.900 bits per heavy atom. The van der Waals surface area contributed by atoms with E-state index in [0.29, 0.717) is 23.2 Å². The monoisotopic (exact) mass is 442 g/mol. The van der Waals surface area contributed by atoms with Crippen LogP contribution in [0.4, 0.5) is 11.4 Å². The number of nitrogens with one attached hydrogen (secondary N) is 1. The Hall–Kier alpha value is -2.40. The second-order valence-electron chi connectivity index (χ2n) is 7.14. The van der Waals surface area contributed by atoms with Gasteiger partial charge in [0.1, 0.15) is 12.4 Å². The van der Waals surface area contributed by atoms with E-state index in [4.69, 9.17) is 32.7 Å². The lowest BCUT2D eigenvalue weighted by Gasteiger charge is -2.28. The first kappa shape index (κ1) is 20.9. The van der Waals surface area contributed by atoms with Crippen molar-refractivity contribution in [3.63, 3.8) is 0 Å². The lowest BCUT2D eigenvalue weighted by atomic mass is 10.2. The number of nitrogens with zero attached hydrogens (tertiary/aromatic N) is 1. The number of anilines is 2. The van der Waals surface area contributed by atoms with E-state index in [1.165, 1.54) is 5.69 Å². The standard InChI is InChI=1S/C24H24Cl2N2O2/c25-23-5-2-6-24(26)22(23)17-30-21-4-1-3-18(15-21)16-27-19-7-9-20(10-8-19)28-11-13-29-14-12-28/h1-10,15,27H,11-14,16-17H2. The summed E-state index contributed by atoms with van der Waals surface area (Å²) in [6.07, 6.45) is 0. The largest absolute Gasteiger partial charge is 0.489 e. The molecule has 0 amide bonds. The van der Waals surface area contributed by atoms with Crippen molar-refractivity contribution in [2.75, 3.05) is 36.5 Å². The first-order valence-corrected chi connectivity index (χ1v) is 10.8. The Bertz CT molecular complexity index is 953. The van der Waals surface area contributed by atoms with Crippen molar-refractivity contribution in [3.05, 3.63) is 87.9 Å². The number of benzene rings is 3. The van der Waals surface area contributed by atoms with Crippen molar-refractivity contribution in [1.29, 1.82) is 0 Å². The average Bonchev–Trinajstić information content (AvgIpc) is 2.79. The number of morpholine rings is 1. The molecule has 0 aromatic heterocycles. The van der Waals surface area contributed by atoms with Gasteiger partial charge in [0.2, 0.25) is 0 Å². The van der Waals surface area contributed by atoms with Crippen LogP contribution in [0.2, 0.25) is 10.0 Å². The van der Waals surface area contributed by atoms with E-state index >= 15 is 0 Å². The quantitative estimate of drug-likeness (QED) is 0.484. The van der Waals surface area contributed by atoms with Gasteiger partial charge >= 0.3 is 0 Å². The van der Waals surface area contributed by atoms with Gasteiger partial charge in [-0.1, -0.05) is 41.4 Å². The predicted octanol–water partition coefficient (Wildman–Crippen LogP) is 6.02. The Morgan fingerprint density at radius 2 is 1.60 bits per heavy atom. The van der Waals surface area contributed by atoms with Crippen LogP contribution in [0.25, 0.3) is 0 Å². The highest BCUT2D eigenvalue weighted by atomic mass is 35.5. The van der Waals surface area contributed by atoms with Crippen LogP contribution in [0.5, 0.6) is 5.75 Å². The van der Waals surface area contributed by atoms with Gasteiger partial charge in [0.15, 0.2) is 0 Å². The third-order valence-electron chi connectivity index (χ3n) is 5.08. The van der Waals surface area contributed by atoms with Crippen LogP contribution in [0, 0.1) is 0 Å². The number of hydrogen-bond acceptors (Lipinski definition) is 4. The van der Waals surface area contributed by atoms with Gasteiger partial charge in [-0.05, 0) is 54.1 Å². The number of halogens is 2. The van der Waals surface area contributed by atoms with E-state index < -0.39 is 0 Å². The van der Waals surface area contributed by atoms with Gasteiger partial charge in [-0.15, -0.1) is 0 Å². The fraction of sp³-hybridized carbons (Fsp3) is 0.250. The van der Waals surface area contributed by atoms with Crippen LogP contribution in [0.1, 0.15) is 11.1 Å². The number of rotatable bonds is 7. The summed E-state index contributed by atoms with van der Waals surface area (Å²) in [6.45, 7) is 4.51. The molecular weight excluding hydrogens is 419 g/mol. The molecule has 0 unspecified atom stereocenters. The van der Waals surface area contributed by atoms with E-state index in [2.05, 4.69) is 40.5 Å². The molecule has 1 saturated heterocycles. The summed E-state index contributed by atoms with van der Waals surface area (Å²) in [6, 6.07) is 22.0. The van der Waals surface area contributed by atoms with Crippen LogP contribution in [0.3, 0.4) is 0 Å². The van der Waals surface area contributed by atoms with E-state index in [1.807, 2.05) is 36.4 Å². The van der Waals surface area contributed by atoms with Gasteiger partial charge in [0.25, 0.3) is 0 Å². The highest BCUT2D eigenvalue weighted by Gasteiger charge is 2.11. The average molecular weight is 443 g/mol. The van der Waals surface area contributed by atoms with Gasteiger partial charge in [-0.2, -0.15) is 0 Å². The minimum atomic E-state index is 0.332. The molecule has 0 radical (unpaired) electrons. The lowest BCUT2D eigenvalue weighted by molar-refractivity contribution is 0.122. The first-order valence-electron chi connectivity index (χ1n) is 10.0. The summed E-state index contributed by atoms with van der Waals surface area (Å²) in [5, 5.41) is 4.69. The molecule has 0 atom stereocenters. The molecule has 1 aliphatic rings. The summed E-state index contributed by atoms with van der Waals surface area (Å²) < 4.78 is 11.3. The van der Waals surface area contributed by atoms with Gasteiger partial charge in [0.05, 0.1) is 13.2 Å². The molecule has 0 bridgehead atoms. The molecule has 6 heteroatoms. The number of hydrogen-bond donors (Lipinski definition) is 1. The molecule has 1 fully saturated rings. The molecule has 4 nitrogen and oxygen atoms in total. The second-order valence-corrected chi connectivity index (χ2v) is 7.95. The predicted molar refractivity (Wildman–Crippen MR) is 124 cm³/mol. The van der Waals surface area contributed by atoms with Gasteiger partial charge in [-0.3, -0.25) is 0 Å². The molecule has 4 rings (SSSR count). The second kappa shape index (κ2) is 10.1. The normalized spacial score (nSPS) is 13.9. The highest BCUT2D eigenvalue weighted by Crippen LogP contribution is 2.26. The SMILES string of the molecule is Clc1cccc(Cl)c1COc1cccc(CNc2ccc(N3CCOCC3)cc2)c1. The Labute approximate surface area is 187 Å². The van der Waals surface area contributed by atoms with Crippen LogP contribution in [0.15, 0.2) is 66.7 Å². The van der Waals surface area contributed by atoms with Crippen molar-refractivity contribution in [1.82, 2.24) is 0 Å². The summed E-state index contributed by atoms with van der Waals surface area (Å²) >= 11 is 12.4. The Balaban J connectivity index is 1.33. The molecule has 1 heterocycles. The molecule has 1 N–H and O–H groups in total. The van der Waals surface area contributed by atoms with Crippen LogP contribution >= 0.6 is 23.2 Å². The first-order chi connectivity index (χ1) is 14.7. The topological polar surface area (TPSA) is 33.7 Å². The summed E-state index contributed by atoms with van der Waals surface area (Å²) in [5.41, 5.74) is 4.25. The molecule has 156 valence electrons. The molecule has 0 aliphatic carbocycles. The fourth-order valence-corrected chi connectivity index (χ4v) is 3.89. The zero-order valence-electron chi connectivity index (χ0n) is 16.6. The fourth-order valence-electron chi connectivity index (χ4n) is 3.39. The van der Waals surface area contributed by atoms with Crippen molar-refractivity contribution < 1.29 is 9.47 Å². The lowest BCUT2D eigenvalue weighted by Crippen LogP contribution is -2.36. The maximum Gasteiger partial charge on any atom is 0.120 e. The third-order valence-corrected chi connectivity index (χ3v) is 5.79. The highest BCUT2D eigenvalue weighted by molar-refractivity contribution is 6.35. The maximum absolute atomic E-state index is 6.22. The van der Waals surface area contributed by atoms with Crippen LogP contribution in [-0.4, -0.2) is 26.3 Å². The summed E-state index contributed by atoms with van der Waals surface area (Å²) in [7, 11) is 0. The van der Waals surface area contributed by atoms with Crippen LogP contribution in [-0.2, 0) is 17.9 Å². The van der Waals surface area contributed by atoms with Crippen LogP contribution < -0.4 is 15.0 Å². The third kappa shape index (κ3) is 5.39. The smallest absolute Gasteiger partial charge is 0.120 e. The Morgan fingerprint density at radius 3 is 2.33 bits per heavy atom. The molecule has 30 heavy (non-hydrogen) atoms. The van der Waals surface area contributed by atoms with E-state index in [9.17, 15) is 0 Å². The maximum atomic E-state index is 6.22. The molecule has 3 aromatic carbocycles. The minimum Gasteiger partial charge on any atom is -0.489 e. The molecule has 3 aromatic rings. The zero-order chi connectivity index (χ0) is 20.8. The Kier molecular flexibility index (Phi) is 7.00. The molecular formula is C24H24Cl2N2O2. The molecule has 0 spiro atoms. The van der Waals surface area contributed by atoms with E-state index in [-0.39, 0.29) is 0 Å².